The number of hydrogen-bond acceptors (Lipinski definition) is 7. The van der Waals surface area contributed by atoms with Crippen LogP contribution >= 0.6 is 11.6 Å². The van der Waals surface area contributed by atoms with Crippen molar-refractivity contribution in [2.75, 3.05) is 25.5 Å². The average Bonchev–Trinajstić information content (AvgIpc) is 3.43. The van der Waals surface area contributed by atoms with E-state index in [0.29, 0.717) is 22.6 Å². The van der Waals surface area contributed by atoms with Crippen molar-refractivity contribution in [3.63, 3.8) is 0 Å². The van der Waals surface area contributed by atoms with E-state index in [1.54, 1.807) is 24.3 Å². The van der Waals surface area contributed by atoms with E-state index >= 15 is 0 Å². The number of aromatic nitrogens is 5. The quantitative estimate of drug-likeness (QED) is 0.259. The summed E-state index contributed by atoms with van der Waals surface area (Å²) in [6.45, 7) is 2.34. The summed E-state index contributed by atoms with van der Waals surface area (Å²) in [5, 5.41) is 13.5. The zero-order valence-electron chi connectivity index (χ0n) is 21.4. The van der Waals surface area contributed by atoms with Crippen LogP contribution in [0.4, 0.5) is 15.9 Å². The molecule has 1 aliphatic rings. The van der Waals surface area contributed by atoms with Gasteiger partial charge in [-0.05, 0) is 81.0 Å². The van der Waals surface area contributed by atoms with Gasteiger partial charge in [-0.3, -0.25) is 0 Å². The molecule has 0 unspecified atom stereocenters. The first kappa shape index (κ1) is 25.2. The second-order valence-corrected chi connectivity index (χ2v) is 10.2. The van der Waals surface area contributed by atoms with Gasteiger partial charge in [0.2, 0.25) is 0 Å². The third kappa shape index (κ3) is 5.69. The number of nitrogens with zero attached hydrogens (tertiary/aromatic N) is 6. The molecule has 1 aliphatic heterocycles. The van der Waals surface area contributed by atoms with Crippen molar-refractivity contribution >= 4 is 34.0 Å². The molecule has 5 aromatic rings. The van der Waals surface area contributed by atoms with E-state index in [4.69, 9.17) is 16.3 Å². The first-order chi connectivity index (χ1) is 19.0. The minimum absolute atomic E-state index is 0.214. The van der Waals surface area contributed by atoms with Gasteiger partial charge in [-0.2, -0.15) is 0 Å². The lowest BCUT2D eigenvalue weighted by Gasteiger charge is -2.28. The highest BCUT2D eigenvalue weighted by atomic mass is 35.5. The maximum atomic E-state index is 13.4. The number of likely N-dealkylation sites (tertiary alicyclic amines) is 1. The van der Waals surface area contributed by atoms with Crippen LogP contribution in [0.1, 0.15) is 24.4 Å². The first-order valence-electron chi connectivity index (χ1n) is 12.8. The molecule has 6 rings (SSSR count). The van der Waals surface area contributed by atoms with Crippen LogP contribution in [0.3, 0.4) is 0 Å². The fraction of sp³-hybridized carbons (Fsp3) is 0.241. The highest BCUT2D eigenvalue weighted by Gasteiger charge is 2.20. The predicted octanol–water partition coefficient (Wildman–Crippen LogP) is 6.27. The number of halogens is 2. The summed E-state index contributed by atoms with van der Waals surface area (Å²) in [6, 6.07) is 18.1. The number of anilines is 2. The summed E-state index contributed by atoms with van der Waals surface area (Å²) in [5.74, 6) is 0.854. The SMILES string of the molecule is CN1CCC(n2cc(-c3ccc4ncnc(Nc5ccc(OCc6cccc(F)c6)c(Cl)c5)c4c3)nn2)CC1. The van der Waals surface area contributed by atoms with Crippen LogP contribution in [0.2, 0.25) is 5.02 Å². The second-order valence-electron chi connectivity index (χ2n) is 9.76. The van der Waals surface area contributed by atoms with Crippen molar-refractivity contribution in [3.8, 4) is 17.0 Å². The van der Waals surface area contributed by atoms with Crippen LogP contribution in [-0.2, 0) is 6.61 Å². The number of benzene rings is 3. The topological polar surface area (TPSA) is 81.0 Å². The van der Waals surface area contributed by atoms with Gasteiger partial charge in [0.15, 0.2) is 0 Å². The molecule has 8 nitrogen and oxygen atoms in total. The van der Waals surface area contributed by atoms with E-state index < -0.39 is 0 Å². The zero-order valence-corrected chi connectivity index (χ0v) is 22.1. The molecule has 10 heteroatoms. The van der Waals surface area contributed by atoms with Gasteiger partial charge in [-0.15, -0.1) is 5.10 Å². The minimum atomic E-state index is -0.302. The van der Waals surface area contributed by atoms with Crippen LogP contribution in [0.25, 0.3) is 22.2 Å². The molecule has 2 aromatic heterocycles. The van der Waals surface area contributed by atoms with Gasteiger partial charge in [0.05, 0.1) is 22.8 Å². The molecule has 0 aliphatic carbocycles. The summed E-state index contributed by atoms with van der Waals surface area (Å²) >= 11 is 6.50. The molecule has 0 atom stereocenters. The Hall–Kier alpha value is -4.08. The Bertz CT molecular complexity index is 1620. The van der Waals surface area contributed by atoms with Gasteiger partial charge < -0.3 is 15.0 Å². The van der Waals surface area contributed by atoms with Crippen molar-refractivity contribution in [1.29, 1.82) is 0 Å². The second kappa shape index (κ2) is 11.0. The van der Waals surface area contributed by atoms with Crippen molar-refractivity contribution in [3.05, 3.63) is 89.6 Å². The normalized spacial score (nSPS) is 14.5. The first-order valence-corrected chi connectivity index (χ1v) is 13.2. The van der Waals surface area contributed by atoms with Gasteiger partial charge in [0.25, 0.3) is 0 Å². The summed E-state index contributed by atoms with van der Waals surface area (Å²) in [6.07, 6.45) is 5.68. The summed E-state index contributed by atoms with van der Waals surface area (Å²) in [5.41, 5.74) is 4.03. The molecule has 0 spiro atoms. The number of nitrogens with one attached hydrogen (secondary N) is 1. The van der Waals surface area contributed by atoms with E-state index in [2.05, 4.69) is 37.5 Å². The van der Waals surface area contributed by atoms with Gasteiger partial charge in [-0.1, -0.05) is 35.0 Å². The molecule has 1 saturated heterocycles. The lowest BCUT2D eigenvalue weighted by atomic mass is 10.1. The Morgan fingerprint density at radius 3 is 2.74 bits per heavy atom. The van der Waals surface area contributed by atoms with Gasteiger partial charge in [0.1, 0.15) is 36.0 Å². The number of piperidine rings is 1. The van der Waals surface area contributed by atoms with Crippen molar-refractivity contribution in [1.82, 2.24) is 29.9 Å². The van der Waals surface area contributed by atoms with E-state index in [9.17, 15) is 4.39 Å². The standard InChI is InChI=1S/C29H27ClFN7O/c1-37-11-9-23(10-12-37)38-16-27(35-36-38)20-5-7-26-24(14-20)29(33-18-32-26)34-22-6-8-28(25(30)15-22)39-17-19-3-2-4-21(31)13-19/h2-8,13-16,18,23H,9-12,17H2,1H3,(H,32,33,34). The maximum absolute atomic E-state index is 13.4. The Kier molecular flexibility index (Phi) is 7.08. The Balaban J connectivity index is 1.20. The molecule has 0 amide bonds. The number of ether oxygens (including phenoxy) is 1. The lowest BCUT2D eigenvalue weighted by Crippen LogP contribution is -2.31. The molecule has 198 valence electrons. The van der Waals surface area contributed by atoms with Crippen LogP contribution in [0.15, 0.2) is 73.2 Å². The summed E-state index contributed by atoms with van der Waals surface area (Å²) in [7, 11) is 2.15. The zero-order chi connectivity index (χ0) is 26.8. The Morgan fingerprint density at radius 2 is 1.92 bits per heavy atom. The van der Waals surface area contributed by atoms with E-state index in [0.717, 1.165) is 59.3 Å². The third-order valence-electron chi connectivity index (χ3n) is 6.98. The minimum Gasteiger partial charge on any atom is -0.487 e. The summed E-state index contributed by atoms with van der Waals surface area (Å²) < 4.78 is 21.2. The molecular weight excluding hydrogens is 517 g/mol. The predicted molar refractivity (Wildman–Crippen MR) is 150 cm³/mol. The Morgan fingerprint density at radius 1 is 1.05 bits per heavy atom. The largest absolute Gasteiger partial charge is 0.487 e. The maximum Gasteiger partial charge on any atom is 0.141 e. The van der Waals surface area contributed by atoms with Crippen LogP contribution in [0.5, 0.6) is 5.75 Å². The fourth-order valence-corrected chi connectivity index (χ4v) is 5.02. The average molecular weight is 544 g/mol. The van der Waals surface area contributed by atoms with Crippen LogP contribution in [0, 0.1) is 5.82 Å². The van der Waals surface area contributed by atoms with Gasteiger partial charge in [0, 0.05) is 16.6 Å². The number of fused-ring (bicyclic) bond motifs is 1. The molecule has 0 radical (unpaired) electrons. The molecular formula is C29H27ClFN7O. The molecule has 0 saturated carbocycles. The molecule has 0 bridgehead atoms. The van der Waals surface area contributed by atoms with E-state index in [-0.39, 0.29) is 12.4 Å². The van der Waals surface area contributed by atoms with E-state index in [1.165, 1.54) is 18.5 Å². The van der Waals surface area contributed by atoms with Crippen LogP contribution < -0.4 is 10.1 Å². The third-order valence-corrected chi connectivity index (χ3v) is 7.28. The molecule has 1 N–H and O–H groups in total. The monoisotopic (exact) mass is 543 g/mol. The van der Waals surface area contributed by atoms with E-state index in [1.807, 2.05) is 35.1 Å². The number of hydrogen-bond donors (Lipinski definition) is 1. The molecule has 3 aromatic carbocycles. The highest BCUT2D eigenvalue weighted by molar-refractivity contribution is 6.32. The highest BCUT2D eigenvalue weighted by Crippen LogP contribution is 2.32. The molecule has 3 heterocycles. The number of rotatable bonds is 7. The smallest absolute Gasteiger partial charge is 0.141 e. The lowest BCUT2D eigenvalue weighted by molar-refractivity contribution is 0.210. The van der Waals surface area contributed by atoms with Crippen molar-refractivity contribution in [2.24, 2.45) is 0 Å². The van der Waals surface area contributed by atoms with Gasteiger partial charge >= 0.3 is 0 Å². The van der Waals surface area contributed by atoms with Crippen LogP contribution in [-0.4, -0.2) is 50.0 Å². The van der Waals surface area contributed by atoms with Crippen molar-refractivity contribution in [2.45, 2.75) is 25.5 Å². The Labute approximate surface area is 230 Å². The fourth-order valence-electron chi connectivity index (χ4n) is 4.78. The van der Waals surface area contributed by atoms with Gasteiger partial charge in [-0.25, -0.2) is 19.0 Å². The molecule has 39 heavy (non-hydrogen) atoms. The molecule has 1 fully saturated rings. The van der Waals surface area contributed by atoms with Crippen molar-refractivity contribution < 1.29 is 9.13 Å². The summed E-state index contributed by atoms with van der Waals surface area (Å²) in [4.78, 5) is 11.2.